The molecule has 1 aromatic heterocycles. The van der Waals surface area contributed by atoms with E-state index < -0.39 is 0 Å². The Balaban J connectivity index is 1.46. The number of rotatable bonds is 5. The summed E-state index contributed by atoms with van der Waals surface area (Å²) < 4.78 is 7.66. The second-order valence-corrected chi connectivity index (χ2v) is 8.29. The first-order chi connectivity index (χ1) is 13.3. The summed E-state index contributed by atoms with van der Waals surface area (Å²) >= 11 is 0. The molecule has 27 heavy (non-hydrogen) atoms. The third-order valence-corrected chi connectivity index (χ3v) is 7.12. The summed E-state index contributed by atoms with van der Waals surface area (Å²) in [5.41, 5.74) is 1.46. The Bertz CT molecular complexity index is 778. The Morgan fingerprint density at radius 1 is 1.11 bits per heavy atom. The van der Waals surface area contributed by atoms with Crippen molar-refractivity contribution in [2.45, 2.75) is 50.9 Å². The lowest BCUT2D eigenvalue weighted by Crippen LogP contribution is -2.60. The first-order valence-electron chi connectivity index (χ1n) is 10.4. The molecule has 4 saturated heterocycles. The number of likely N-dealkylation sites (tertiary alicyclic amines) is 1. The highest BCUT2D eigenvalue weighted by Gasteiger charge is 2.53. The van der Waals surface area contributed by atoms with Crippen LogP contribution in [-0.2, 0) is 13.1 Å². The molecule has 2 bridgehead atoms. The predicted octanol–water partition coefficient (Wildman–Crippen LogP) is 2.97. The summed E-state index contributed by atoms with van der Waals surface area (Å²) in [5, 5.41) is 0. The molecule has 3 atom stereocenters. The SMILES string of the molecule is CCn1ccnc1CN1C[C@@H](c2ccc(OC)cc2)[C@@H]2[C@H]1C1CCN2CC1. The maximum absolute atomic E-state index is 5.37. The summed E-state index contributed by atoms with van der Waals surface area (Å²) in [5.74, 6) is 3.58. The average molecular weight is 367 g/mol. The van der Waals surface area contributed by atoms with Gasteiger partial charge in [-0.05, 0) is 56.5 Å². The minimum absolute atomic E-state index is 0.578. The molecule has 2 aromatic rings. The quantitative estimate of drug-likeness (QED) is 0.815. The number of nitrogens with zero attached hydrogens (tertiary/aromatic N) is 4. The fourth-order valence-electron chi connectivity index (χ4n) is 5.83. The second-order valence-electron chi connectivity index (χ2n) is 8.29. The fourth-order valence-corrected chi connectivity index (χ4v) is 5.83. The van der Waals surface area contributed by atoms with E-state index in [0.717, 1.165) is 31.3 Å². The number of ether oxygens (including phenoxy) is 1. The number of benzene rings is 1. The highest BCUT2D eigenvalue weighted by molar-refractivity contribution is 5.33. The van der Waals surface area contributed by atoms with Crippen LogP contribution >= 0.6 is 0 Å². The molecule has 0 spiro atoms. The van der Waals surface area contributed by atoms with Gasteiger partial charge in [-0.3, -0.25) is 9.80 Å². The topological polar surface area (TPSA) is 33.5 Å². The van der Waals surface area contributed by atoms with Crippen molar-refractivity contribution in [3.05, 3.63) is 48.0 Å². The summed E-state index contributed by atoms with van der Waals surface area (Å²) in [4.78, 5) is 10.2. The molecule has 5 heteroatoms. The van der Waals surface area contributed by atoms with Gasteiger partial charge in [-0.25, -0.2) is 4.98 Å². The first kappa shape index (κ1) is 17.3. The van der Waals surface area contributed by atoms with E-state index in [1.807, 2.05) is 6.20 Å². The molecule has 144 valence electrons. The Morgan fingerprint density at radius 3 is 2.59 bits per heavy atom. The largest absolute Gasteiger partial charge is 0.497 e. The summed E-state index contributed by atoms with van der Waals surface area (Å²) in [6.45, 7) is 7.84. The van der Waals surface area contributed by atoms with Gasteiger partial charge >= 0.3 is 0 Å². The van der Waals surface area contributed by atoms with Crippen LogP contribution in [0, 0.1) is 5.92 Å². The molecule has 0 saturated carbocycles. The van der Waals surface area contributed by atoms with E-state index >= 15 is 0 Å². The maximum Gasteiger partial charge on any atom is 0.122 e. The van der Waals surface area contributed by atoms with Gasteiger partial charge < -0.3 is 9.30 Å². The van der Waals surface area contributed by atoms with E-state index in [0.29, 0.717) is 18.0 Å². The van der Waals surface area contributed by atoms with Crippen LogP contribution in [0.4, 0.5) is 0 Å². The van der Waals surface area contributed by atoms with Gasteiger partial charge in [0.05, 0.1) is 13.7 Å². The van der Waals surface area contributed by atoms with Crippen LogP contribution in [0.3, 0.4) is 0 Å². The number of fused-ring (bicyclic) bond motifs is 2. The Labute approximate surface area is 161 Å². The van der Waals surface area contributed by atoms with E-state index in [1.54, 1.807) is 7.11 Å². The molecule has 4 aliphatic rings. The van der Waals surface area contributed by atoms with E-state index in [1.165, 1.54) is 37.3 Å². The van der Waals surface area contributed by atoms with Crippen LogP contribution in [0.5, 0.6) is 5.75 Å². The molecule has 0 N–H and O–H groups in total. The monoisotopic (exact) mass is 366 g/mol. The number of aromatic nitrogens is 2. The molecule has 0 unspecified atom stereocenters. The molecule has 0 aliphatic carbocycles. The zero-order valence-electron chi connectivity index (χ0n) is 16.4. The first-order valence-corrected chi connectivity index (χ1v) is 10.4. The van der Waals surface area contributed by atoms with Gasteiger partial charge in [-0.2, -0.15) is 0 Å². The number of methoxy groups -OCH3 is 1. The van der Waals surface area contributed by atoms with Crippen LogP contribution in [0.15, 0.2) is 36.7 Å². The van der Waals surface area contributed by atoms with Gasteiger partial charge in [0.1, 0.15) is 11.6 Å². The van der Waals surface area contributed by atoms with Gasteiger partial charge in [-0.1, -0.05) is 12.1 Å². The van der Waals surface area contributed by atoms with E-state index in [9.17, 15) is 0 Å². The molecule has 0 amide bonds. The highest BCUT2D eigenvalue weighted by atomic mass is 16.5. The molecule has 1 aromatic carbocycles. The fraction of sp³-hybridized carbons (Fsp3) is 0.591. The van der Waals surface area contributed by atoms with Gasteiger partial charge in [0.15, 0.2) is 0 Å². The van der Waals surface area contributed by atoms with Gasteiger partial charge in [0.2, 0.25) is 0 Å². The second kappa shape index (κ2) is 6.95. The van der Waals surface area contributed by atoms with Crippen molar-refractivity contribution in [2.75, 3.05) is 26.7 Å². The molecular weight excluding hydrogens is 336 g/mol. The standard InChI is InChI=1S/C22H30N4O/c1-3-24-13-10-23-20(24)15-26-14-19(16-4-6-18(27-2)7-5-16)22-21(26)17-8-11-25(22)12-9-17/h4-7,10,13,17,19,21-22H,3,8-9,11-12,14-15H2,1-2H3/t19-,21+,22+/m0/s1. The van der Waals surface area contributed by atoms with Crippen molar-refractivity contribution in [3.63, 3.8) is 0 Å². The number of hydrogen-bond donors (Lipinski definition) is 0. The lowest BCUT2D eigenvalue weighted by molar-refractivity contribution is -0.00952. The van der Waals surface area contributed by atoms with Crippen LogP contribution in [0.1, 0.15) is 37.1 Å². The molecule has 6 rings (SSSR count). The smallest absolute Gasteiger partial charge is 0.122 e. The van der Waals surface area contributed by atoms with Crippen molar-refractivity contribution in [2.24, 2.45) is 5.92 Å². The van der Waals surface area contributed by atoms with Crippen molar-refractivity contribution < 1.29 is 4.74 Å². The minimum Gasteiger partial charge on any atom is -0.497 e. The van der Waals surface area contributed by atoms with Crippen LogP contribution in [0.25, 0.3) is 0 Å². The van der Waals surface area contributed by atoms with Crippen LogP contribution < -0.4 is 4.74 Å². The zero-order chi connectivity index (χ0) is 18.4. The number of imidazole rings is 1. The lowest BCUT2D eigenvalue weighted by atomic mass is 9.75. The molecular formula is C22H30N4O. The van der Waals surface area contributed by atoms with E-state index in [2.05, 4.69) is 56.7 Å². The van der Waals surface area contributed by atoms with Crippen molar-refractivity contribution in [3.8, 4) is 5.75 Å². The third kappa shape index (κ3) is 2.88. The Hall–Kier alpha value is -1.85. The normalized spacial score (nSPS) is 32.6. The minimum atomic E-state index is 0.578. The molecule has 5 heterocycles. The van der Waals surface area contributed by atoms with Gasteiger partial charge in [-0.15, -0.1) is 0 Å². The predicted molar refractivity (Wildman–Crippen MR) is 106 cm³/mol. The molecule has 0 radical (unpaired) electrons. The molecule has 4 fully saturated rings. The average Bonchev–Trinajstić information content (AvgIpc) is 3.35. The molecule has 4 aliphatic heterocycles. The van der Waals surface area contributed by atoms with Gasteiger partial charge in [0.25, 0.3) is 0 Å². The summed E-state index contributed by atoms with van der Waals surface area (Å²) in [7, 11) is 1.74. The van der Waals surface area contributed by atoms with Crippen molar-refractivity contribution in [1.29, 1.82) is 0 Å². The zero-order valence-corrected chi connectivity index (χ0v) is 16.4. The highest BCUT2D eigenvalue weighted by Crippen LogP contribution is 2.47. The van der Waals surface area contributed by atoms with Crippen molar-refractivity contribution in [1.82, 2.24) is 19.4 Å². The Kier molecular flexibility index (Phi) is 4.44. The molecule has 5 nitrogen and oxygen atoms in total. The van der Waals surface area contributed by atoms with Crippen LogP contribution in [-0.4, -0.2) is 58.2 Å². The number of aryl methyl sites for hydroxylation is 1. The Morgan fingerprint density at radius 2 is 1.89 bits per heavy atom. The van der Waals surface area contributed by atoms with Crippen molar-refractivity contribution >= 4 is 0 Å². The number of piperidine rings is 3. The van der Waals surface area contributed by atoms with Crippen LogP contribution in [0.2, 0.25) is 0 Å². The summed E-state index contributed by atoms with van der Waals surface area (Å²) in [6, 6.07) is 10.1. The van der Waals surface area contributed by atoms with Gasteiger partial charge in [0, 0.05) is 43.5 Å². The number of hydrogen-bond acceptors (Lipinski definition) is 4. The summed E-state index contributed by atoms with van der Waals surface area (Å²) in [6.07, 6.45) is 6.77. The van der Waals surface area contributed by atoms with E-state index in [-0.39, 0.29) is 0 Å². The van der Waals surface area contributed by atoms with E-state index in [4.69, 9.17) is 4.74 Å². The maximum atomic E-state index is 5.37. The lowest BCUT2D eigenvalue weighted by Gasteiger charge is -2.51. The third-order valence-electron chi connectivity index (χ3n) is 7.12.